The molecule has 0 spiro atoms. The molecule has 0 saturated carbocycles. The topological polar surface area (TPSA) is 84.2 Å². The monoisotopic (exact) mass is 577 g/mol. The Kier molecular flexibility index (Phi) is 7.93. The SMILES string of the molecule is CCCCc1nc2ccc(Br)cc2c(=O)n1N=Cc1ccc(OCc2ccc3c(c2)OCO3)c(OCC)c1. The standard InChI is InChI=1S/C29H28BrN3O5/c1-3-5-6-28-32-23-10-9-21(30)15-22(23)29(34)33(28)31-16-19-7-11-24(26(13-19)35-4-2)36-17-20-8-12-25-27(14-20)38-18-37-25/h7-16H,3-6,17-18H2,1-2H3. The van der Waals surface area contributed by atoms with Gasteiger partial charge in [-0.2, -0.15) is 9.78 Å². The highest BCUT2D eigenvalue weighted by molar-refractivity contribution is 9.10. The summed E-state index contributed by atoms with van der Waals surface area (Å²) in [6.07, 6.45) is 4.20. The molecular weight excluding hydrogens is 550 g/mol. The van der Waals surface area contributed by atoms with Gasteiger partial charge in [0, 0.05) is 10.9 Å². The maximum Gasteiger partial charge on any atom is 0.282 e. The number of hydrogen-bond acceptors (Lipinski definition) is 7. The number of nitrogens with zero attached hydrogens (tertiary/aromatic N) is 3. The number of aryl methyl sites for hydroxylation is 1. The summed E-state index contributed by atoms with van der Waals surface area (Å²) >= 11 is 3.45. The molecule has 0 amide bonds. The van der Waals surface area contributed by atoms with Crippen LogP contribution in [0.5, 0.6) is 23.0 Å². The largest absolute Gasteiger partial charge is 0.490 e. The number of rotatable bonds is 10. The zero-order valence-electron chi connectivity index (χ0n) is 21.3. The Morgan fingerprint density at radius 3 is 2.74 bits per heavy atom. The Bertz CT molecular complexity index is 1550. The summed E-state index contributed by atoms with van der Waals surface area (Å²) in [5.74, 6) is 3.29. The quantitative estimate of drug-likeness (QED) is 0.212. The fraction of sp³-hybridized carbons (Fsp3) is 0.276. The molecule has 196 valence electrons. The predicted molar refractivity (Wildman–Crippen MR) is 150 cm³/mol. The van der Waals surface area contributed by atoms with Gasteiger partial charge in [0.1, 0.15) is 12.4 Å². The zero-order chi connectivity index (χ0) is 26.5. The van der Waals surface area contributed by atoms with Crippen LogP contribution in [0.4, 0.5) is 0 Å². The summed E-state index contributed by atoms with van der Waals surface area (Å²) in [5, 5.41) is 5.06. The van der Waals surface area contributed by atoms with E-state index in [0.717, 1.165) is 34.2 Å². The van der Waals surface area contributed by atoms with E-state index in [0.29, 0.717) is 53.6 Å². The minimum Gasteiger partial charge on any atom is -0.490 e. The number of aromatic nitrogens is 2. The average Bonchev–Trinajstić information content (AvgIpc) is 3.39. The molecule has 38 heavy (non-hydrogen) atoms. The smallest absolute Gasteiger partial charge is 0.282 e. The Balaban J connectivity index is 1.41. The van der Waals surface area contributed by atoms with Gasteiger partial charge in [0.15, 0.2) is 23.0 Å². The van der Waals surface area contributed by atoms with Gasteiger partial charge < -0.3 is 18.9 Å². The van der Waals surface area contributed by atoms with Gasteiger partial charge in [-0.3, -0.25) is 4.79 Å². The third kappa shape index (κ3) is 5.67. The lowest BCUT2D eigenvalue weighted by atomic mass is 10.2. The van der Waals surface area contributed by atoms with Gasteiger partial charge in [-0.05, 0) is 73.0 Å². The van der Waals surface area contributed by atoms with Crippen LogP contribution in [-0.4, -0.2) is 29.3 Å². The number of hydrogen-bond donors (Lipinski definition) is 0. The molecule has 0 fully saturated rings. The lowest BCUT2D eigenvalue weighted by Gasteiger charge is -2.13. The first-order chi connectivity index (χ1) is 18.6. The van der Waals surface area contributed by atoms with Crippen LogP contribution in [0.25, 0.3) is 10.9 Å². The second-order valence-corrected chi connectivity index (χ2v) is 9.69. The third-order valence-corrected chi connectivity index (χ3v) is 6.54. The molecule has 0 bridgehead atoms. The Morgan fingerprint density at radius 1 is 1.03 bits per heavy atom. The van der Waals surface area contributed by atoms with Crippen molar-refractivity contribution >= 4 is 33.0 Å². The minimum absolute atomic E-state index is 0.202. The molecule has 0 aliphatic carbocycles. The molecule has 4 aromatic rings. The Hall–Kier alpha value is -3.85. The van der Waals surface area contributed by atoms with Gasteiger partial charge in [-0.15, -0.1) is 0 Å². The molecule has 5 rings (SSSR count). The van der Waals surface area contributed by atoms with Crippen molar-refractivity contribution in [1.82, 2.24) is 9.66 Å². The van der Waals surface area contributed by atoms with Crippen molar-refractivity contribution in [1.29, 1.82) is 0 Å². The second kappa shape index (κ2) is 11.7. The molecule has 0 unspecified atom stereocenters. The van der Waals surface area contributed by atoms with E-state index in [4.69, 9.17) is 23.9 Å². The van der Waals surface area contributed by atoms with Crippen LogP contribution in [-0.2, 0) is 13.0 Å². The first-order valence-electron chi connectivity index (χ1n) is 12.6. The van der Waals surface area contributed by atoms with E-state index < -0.39 is 0 Å². The molecular formula is C29H28BrN3O5. The molecule has 1 aromatic heterocycles. The van der Waals surface area contributed by atoms with Crippen LogP contribution < -0.4 is 24.5 Å². The molecule has 2 heterocycles. The molecule has 3 aromatic carbocycles. The van der Waals surface area contributed by atoms with E-state index in [1.165, 1.54) is 4.68 Å². The molecule has 0 radical (unpaired) electrons. The van der Waals surface area contributed by atoms with Gasteiger partial charge in [-0.25, -0.2) is 4.98 Å². The van der Waals surface area contributed by atoms with E-state index in [2.05, 4.69) is 28.0 Å². The number of ether oxygens (including phenoxy) is 4. The summed E-state index contributed by atoms with van der Waals surface area (Å²) < 4.78 is 24.9. The Morgan fingerprint density at radius 2 is 1.89 bits per heavy atom. The van der Waals surface area contributed by atoms with Crippen molar-refractivity contribution in [3.63, 3.8) is 0 Å². The molecule has 0 atom stereocenters. The van der Waals surface area contributed by atoms with Gasteiger partial charge >= 0.3 is 0 Å². The molecule has 1 aliphatic rings. The van der Waals surface area contributed by atoms with Crippen LogP contribution in [0.3, 0.4) is 0 Å². The third-order valence-electron chi connectivity index (χ3n) is 6.05. The maximum atomic E-state index is 13.3. The number of benzene rings is 3. The van der Waals surface area contributed by atoms with Crippen LogP contribution in [0.15, 0.2) is 69.0 Å². The summed E-state index contributed by atoms with van der Waals surface area (Å²) in [6, 6.07) is 16.8. The lowest BCUT2D eigenvalue weighted by molar-refractivity contribution is 0.174. The van der Waals surface area contributed by atoms with Crippen molar-refractivity contribution < 1.29 is 18.9 Å². The van der Waals surface area contributed by atoms with Crippen molar-refractivity contribution in [2.75, 3.05) is 13.4 Å². The van der Waals surface area contributed by atoms with Crippen molar-refractivity contribution in [3.05, 3.63) is 86.4 Å². The summed E-state index contributed by atoms with van der Waals surface area (Å²) in [7, 11) is 0. The molecule has 1 aliphatic heterocycles. The lowest BCUT2D eigenvalue weighted by Crippen LogP contribution is -2.22. The molecule has 0 N–H and O–H groups in total. The maximum absolute atomic E-state index is 13.3. The first kappa shape index (κ1) is 25.8. The van der Waals surface area contributed by atoms with E-state index >= 15 is 0 Å². The van der Waals surface area contributed by atoms with Crippen molar-refractivity contribution in [3.8, 4) is 23.0 Å². The summed E-state index contributed by atoms with van der Waals surface area (Å²) in [4.78, 5) is 18.1. The molecule has 0 saturated heterocycles. The summed E-state index contributed by atoms with van der Waals surface area (Å²) in [6.45, 7) is 5.08. The van der Waals surface area contributed by atoms with Gasteiger partial charge in [-0.1, -0.05) is 35.3 Å². The number of unbranched alkanes of at least 4 members (excludes halogenated alkanes) is 1. The van der Waals surface area contributed by atoms with Gasteiger partial charge in [0.05, 0.1) is 23.7 Å². The van der Waals surface area contributed by atoms with Crippen LogP contribution in [0.2, 0.25) is 0 Å². The van der Waals surface area contributed by atoms with Crippen molar-refractivity contribution in [2.45, 2.75) is 39.7 Å². The van der Waals surface area contributed by atoms with Crippen LogP contribution in [0.1, 0.15) is 43.6 Å². The Labute approximate surface area is 229 Å². The van der Waals surface area contributed by atoms with E-state index in [1.807, 2.05) is 55.5 Å². The van der Waals surface area contributed by atoms with Crippen LogP contribution >= 0.6 is 15.9 Å². The van der Waals surface area contributed by atoms with E-state index in [9.17, 15) is 4.79 Å². The van der Waals surface area contributed by atoms with Crippen LogP contribution in [0, 0.1) is 0 Å². The molecule has 9 heteroatoms. The summed E-state index contributed by atoms with van der Waals surface area (Å²) in [5.41, 5.74) is 2.19. The average molecular weight is 578 g/mol. The second-order valence-electron chi connectivity index (χ2n) is 8.77. The minimum atomic E-state index is -0.202. The predicted octanol–water partition coefficient (Wildman–Crippen LogP) is 6.09. The highest BCUT2D eigenvalue weighted by Gasteiger charge is 2.15. The normalized spacial score (nSPS) is 12.4. The van der Waals surface area contributed by atoms with E-state index in [1.54, 1.807) is 12.3 Å². The highest BCUT2D eigenvalue weighted by Crippen LogP contribution is 2.34. The van der Waals surface area contributed by atoms with Crippen molar-refractivity contribution in [2.24, 2.45) is 5.10 Å². The van der Waals surface area contributed by atoms with Gasteiger partial charge in [0.2, 0.25) is 6.79 Å². The first-order valence-corrected chi connectivity index (χ1v) is 13.4. The number of halogens is 1. The van der Waals surface area contributed by atoms with E-state index in [-0.39, 0.29) is 12.4 Å². The fourth-order valence-corrected chi connectivity index (χ4v) is 4.48. The zero-order valence-corrected chi connectivity index (χ0v) is 22.9. The van der Waals surface area contributed by atoms with Gasteiger partial charge in [0.25, 0.3) is 5.56 Å². The highest BCUT2D eigenvalue weighted by atomic mass is 79.9. The fourth-order valence-electron chi connectivity index (χ4n) is 4.12. The molecule has 8 nitrogen and oxygen atoms in total. The number of fused-ring (bicyclic) bond motifs is 2.